The standard InChI is InChI=1S/C52H67ClN6O8/c1-35(2)27-43(50(65)67-52(6,7)8)58-48(63)42(28-36-19-23-40(24-20-36)56-45(60)30-53)57-47(62)32-54-46(61)31-55-49(64)44(29-37-21-25-41(26-22-37)66-51(3,4)5)59(33-38-15-11-9-12-16-38)34-39-17-13-10-14-18-39/h9-26,35,42-44H,27-34H2,1-8H3,(H,54,61)(H,55,64)(H,56,60)(H,57,62)(H,58,63)/t42-,43-,44-/m0/s1. The van der Waals surface area contributed by atoms with E-state index in [0.717, 1.165) is 16.7 Å². The van der Waals surface area contributed by atoms with E-state index in [-0.39, 0.29) is 42.1 Å². The fourth-order valence-corrected chi connectivity index (χ4v) is 7.10. The first-order chi connectivity index (χ1) is 31.7. The van der Waals surface area contributed by atoms with Gasteiger partial charge in [-0.3, -0.25) is 28.9 Å². The molecule has 0 saturated carbocycles. The molecular weight excluding hydrogens is 872 g/mol. The number of nitrogens with zero attached hydrogens (tertiary/aromatic N) is 1. The van der Waals surface area contributed by atoms with Crippen molar-refractivity contribution in [3.05, 3.63) is 131 Å². The average Bonchev–Trinajstić information content (AvgIpc) is 3.26. The van der Waals surface area contributed by atoms with E-state index in [2.05, 4.69) is 31.5 Å². The fourth-order valence-electron chi connectivity index (χ4n) is 7.04. The Bertz CT molecular complexity index is 2190. The second kappa shape index (κ2) is 25.6. The van der Waals surface area contributed by atoms with Crippen LogP contribution in [-0.4, -0.2) is 88.7 Å². The molecule has 5 amide bonds. The van der Waals surface area contributed by atoms with E-state index in [9.17, 15) is 28.8 Å². The number of alkyl halides is 1. The van der Waals surface area contributed by atoms with Crippen molar-refractivity contribution in [2.45, 2.75) is 117 Å². The highest BCUT2D eigenvalue weighted by Crippen LogP contribution is 2.22. The van der Waals surface area contributed by atoms with E-state index in [4.69, 9.17) is 21.1 Å². The van der Waals surface area contributed by atoms with Crippen molar-refractivity contribution in [2.75, 3.05) is 24.3 Å². The number of halogens is 1. The van der Waals surface area contributed by atoms with Gasteiger partial charge in [0.25, 0.3) is 0 Å². The van der Waals surface area contributed by atoms with Crippen molar-refractivity contribution >= 4 is 52.8 Å². The molecule has 4 rings (SSSR count). The number of ether oxygens (including phenoxy) is 2. The summed E-state index contributed by atoms with van der Waals surface area (Å²) in [5.74, 6) is -2.83. The SMILES string of the molecule is CC(C)C[C@H](NC(=O)[C@H](Cc1ccc(NC(=O)CCl)cc1)NC(=O)CNC(=O)CNC(=O)[C@H](Cc1ccc(OC(C)(C)C)cc1)N(Cc1ccccc1)Cc1ccccc1)C(=O)OC(C)(C)C. The third kappa shape index (κ3) is 20.0. The lowest BCUT2D eigenvalue weighted by Gasteiger charge is -2.31. The number of amides is 5. The number of rotatable bonds is 23. The minimum atomic E-state index is -1.18. The van der Waals surface area contributed by atoms with Crippen LogP contribution in [0.25, 0.3) is 0 Å². The smallest absolute Gasteiger partial charge is 0.329 e. The zero-order valence-electron chi connectivity index (χ0n) is 39.9. The van der Waals surface area contributed by atoms with Gasteiger partial charge in [-0.25, -0.2) is 4.79 Å². The lowest BCUT2D eigenvalue weighted by atomic mass is 10.0. The summed E-state index contributed by atoms with van der Waals surface area (Å²) in [4.78, 5) is 82.1. The van der Waals surface area contributed by atoms with Crippen LogP contribution in [0.4, 0.5) is 5.69 Å². The van der Waals surface area contributed by atoms with Crippen LogP contribution in [0.5, 0.6) is 5.75 Å². The Morgan fingerprint density at radius 3 is 1.64 bits per heavy atom. The lowest BCUT2D eigenvalue weighted by molar-refractivity contribution is -0.159. The van der Waals surface area contributed by atoms with Gasteiger partial charge in [0.2, 0.25) is 29.5 Å². The molecule has 4 aromatic rings. The van der Waals surface area contributed by atoms with Gasteiger partial charge in [-0.2, -0.15) is 0 Å². The highest BCUT2D eigenvalue weighted by atomic mass is 35.5. The number of hydrogen-bond donors (Lipinski definition) is 5. The molecule has 67 heavy (non-hydrogen) atoms. The van der Waals surface area contributed by atoms with Crippen LogP contribution in [0.1, 0.15) is 84.1 Å². The van der Waals surface area contributed by atoms with Gasteiger partial charge in [0, 0.05) is 25.2 Å². The Kier molecular flexibility index (Phi) is 20.4. The van der Waals surface area contributed by atoms with Gasteiger partial charge in [0.1, 0.15) is 34.9 Å². The lowest BCUT2D eigenvalue weighted by Crippen LogP contribution is -2.55. The summed E-state index contributed by atoms with van der Waals surface area (Å²) < 4.78 is 11.6. The largest absolute Gasteiger partial charge is 0.488 e. The van der Waals surface area contributed by atoms with Crippen molar-refractivity contribution in [3.63, 3.8) is 0 Å². The summed E-state index contributed by atoms with van der Waals surface area (Å²) >= 11 is 5.63. The van der Waals surface area contributed by atoms with Crippen LogP contribution in [-0.2, 0) is 59.4 Å². The molecule has 0 aliphatic rings. The van der Waals surface area contributed by atoms with Gasteiger partial charge >= 0.3 is 5.97 Å². The maximum absolute atomic E-state index is 14.3. The first kappa shape index (κ1) is 53.4. The Hall–Kier alpha value is -6.25. The third-order valence-corrected chi connectivity index (χ3v) is 10.3. The van der Waals surface area contributed by atoms with Crippen molar-refractivity contribution in [1.82, 2.24) is 26.2 Å². The summed E-state index contributed by atoms with van der Waals surface area (Å²) in [5, 5.41) is 13.5. The molecule has 0 aliphatic carbocycles. The van der Waals surface area contributed by atoms with E-state index in [1.54, 1.807) is 45.0 Å². The topological polar surface area (TPSA) is 184 Å². The molecule has 0 aliphatic heterocycles. The molecule has 4 aromatic carbocycles. The number of hydrogen-bond acceptors (Lipinski definition) is 9. The molecule has 0 radical (unpaired) electrons. The minimum absolute atomic E-state index is 0.00418. The maximum atomic E-state index is 14.3. The van der Waals surface area contributed by atoms with Gasteiger partial charge in [0.05, 0.1) is 19.1 Å². The van der Waals surface area contributed by atoms with E-state index in [1.807, 2.05) is 120 Å². The normalized spacial score (nSPS) is 12.9. The van der Waals surface area contributed by atoms with Crippen LogP contribution >= 0.6 is 11.6 Å². The third-order valence-electron chi connectivity index (χ3n) is 10.0. The average molecular weight is 940 g/mol. The molecule has 0 bridgehead atoms. The van der Waals surface area contributed by atoms with Crippen LogP contribution < -0.4 is 31.3 Å². The highest BCUT2D eigenvalue weighted by Gasteiger charge is 2.32. The van der Waals surface area contributed by atoms with Crippen molar-refractivity contribution in [2.24, 2.45) is 5.92 Å². The molecule has 360 valence electrons. The van der Waals surface area contributed by atoms with Gasteiger partial charge in [-0.15, -0.1) is 11.6 Å². The number of nitrogens with one attached hydrogen (secondary N) is 5. The summed E-state index contributed by atoms with van der Waals surface area (Å²) in [6.07, 6.45) is 0.615. The minimum Gasteiger partial charge on any atom is -0.488 e. The zero-order chi connectivity index (χ0) is 49.1. The van der Waals surface area contributed by atoms with Gasteiger partial charge < -0.3 is 36.1 Å². The van der Waals surface area contributed by atoms with Crippen molar-refractivity contribution in [1.29, 1.82) is 0 Å². The predicted molar refractivity (Wildman–Crippen MR) is 261 cm³/mol. The van der Waals surface area contributed by atoms with Crippen molar-refractivity contribution < 1.29 is 38.2 Å². The van der Waals surface area contributed by atoms with Gasteiger partial charge in [-0.05, 0) is 107 Å². The molecule has 15 heteroatoms. The van der Waals surface area contributed by atoms with Crippen LogP contribution in [0, 0.1) is 5.92 Å². The molecule has 0 heterocycles. The Balaban J connectivity index is 1.49. The summed E-state index contributed by atoms with van der Waals surface area (Å²) in [6, 6.07) is 31.1. The predicted octanol–water partition coefficient (Wildman–Crippen LogP) is 6.49. The Morgan fingerprint density at radius 2 is 1.12 bits per heavy atom. The number of carbonyl (C=O) groups excluding carboxylic acids is 6. The number of benzene rings is 4. The Morgan fingerprint density at radius 1 is 0.582 bits per heavy atom. The summed E-state index contributed by atoms with van der Waals surface area (Å²) in [5.41, 5.74) is 2.84. The molecule has 0 saturated heterocycles. The number of esters is 1. The number of carbonyl (C=O) groups is 6. The summed E-state index contributed by atoms with van der Waals surface area (Å²) in [6.45, 7) is 14.9. The molecule has 5 N–H and O–H groups in total. The van der Waals surface area contributed by atoms with Crippen LogP contribution in [0.15, 0.2) is 109 Å². The zero-order valence-corrected chi connectivity index (χ0v) is 40.7. The van der Waals surface area contributed by atoms with Gasteiger partial charge in [0.15, 0.2) is 0 Å². The molecule has 0 aromatic heterocycles. The maximum Gasteiger partial charge on any atom is 0.329 e. The Labute approximate surface area is 400 Å². The molecular formula is C52H67ClN6O8. The van der Waals surface area contributed by atoms with Crippen LogP contribution in [0.2, 0.25) is 0 Å². The molecule has 0 fully saturated rings. The molecule has 0 unspecified atom stereocenters. The molecule has 0 spiro atoms. The first-order valence-corrected chi connectivity index (χ1v) is 23.1. The van der Waals surface area contributed by atoms with E-state index in [1.165, 1.54) is 0 Å². The summed E-state index contributed by atoms with van der Waals surface area (Å²) in [7, 11) is 0. The van der Waals surface area contributed by atoms with E-state index >= 15 is 0 Å². The van der Waals surface area contributed by atoms with E-state index in [0.29, 0.717) is 36.5 Å². The van der Waals surface area contributed by atoms with E-state index < -0.39 is 60.5 Å². The second-order valence-corrected chi connectivity index (χ2v) is 19.1. The highest BCUT2D eigenvalue weighted by molar-refractivity contribution is 6.29. The number of anilines is 1. The molecule has 3 atom stereocenters. The van der Waals surface area contributed by atoms with Crippen LogP contribution in [0.3, 0.4) is 0 Å². The second-order valence-electron chi connectivity index (χ2n) is 18.9. The first-order valence-electron chi connectivity index (χ1n) is 22.6. The quantitative estimate of drug-likeness (QED) is 0.0410. The van der Waals surface area contributed by atoms with Gasteiger partial charge in [-0.1, -0.05) is 98.8 Å². The van der Waals surface area contributed by atoms with Crippen molar-refractivity contribution in [3.8, 4) is 5.75 Å². The fraction of sp³-hybridized carbons (Fsp3) is 0.423. The molecule has 14 nitrogen and oxygen atoms in total. The monoisotopic (exact) mass is 938 g/mol.